The highest BCUT2D eigenvalue weighted by Gasteiger charge is 2.30. The number of hydrogen-bond donors (Lipinski definition) is 0. The van der Waals surface area contributed by atoms with Crippen LogP contribution >= 0.6 is 11.3 Å². The number of nitrogens with zero attached hydrogens (tertiary/aromatic N) is 2. The van der Waals surface area contributed by atoms with Gasteiger partial charge in [-0.2, -0.15) is 0 Å². The molecule has 0 saturated heterocycles. The Labute approximate surface area is 273 Å². The van der Waals surface area contributed by atoms with Crippen molar-refractivity contribution >= 4 is 80.9 Å². The Morgan fingerprint density at radius 1 is 0.489 bits per heavy atom. The maximum atomic E-state index is 6.63. The summed E-state index contributed by atoms with van der Waals surface area (Å²) in [5, 5.41) is 10.2. The molecule has 0 atom stereocenters. The fourth-order valence-electron chi connectivity index (χ4n) is 7.67. The fraction of sp³-hybridized carbons (Fsp3) is 0. The molecule has 11 rings (SSSR count). The standard InChI is InChI=1S/C43H24N2OS/c1-2-9-29(10-3-1)45(31-20-22-33-32-11-4-5-12-36(32)47-37(33)24-31)30-18-15-27(16-19-30)43-44-41-34-21-17-26-14-13-25-7-6-8-28-23-35(42(41)46-43)40(34)39(26)38(25)28/h1-24H. The van der Waals surface area contributed by atoms with Crippen LogP contribution in [0.2, 0.25) is 0 Å². The molecule has 2 heterocycles. The molecule has 3 nitrogen and oxygen atoms in total. The van der Waals surface area contributed by atoms with Gasteiger partial charge < -0.3 is 9.32 Å². The van der Waals surface area contributed by atoms with Gasteiger partial charge in [0.05, 0.1) is 0 Å². The number of para-hydroxylation sites is 1. The second-order valence-electron chi connectivity index (χ2n) is 12.3. The molecule has 2 aromatic heterocycles. The highest BCUT2D eigenvalue weighted by atomic mass is 32.1. The van der Waals surface area contributed by atoms with Crippen LogP contribution in [0, 0.1) is 0 Å². The largest absolute Gasteiger partial charge is 0.435 e. The number of benzene rings is 8. The molecular weight excluding hydrogens is 593 g/mol. The number of hydrogen-bond acceptors (Lipinski definition) is 4. The molecule has 0 radical (unpaired) electrons. The summed E-state index contributed by atoms with van der Waals surface area (Å²) in [7, 11) is 0. The number of anilines is 3. The minimum Gasteiger partial charge on any atom is -0.435 e. The van der Waals surface area contributed by atoms with Crippen LogP contribution in [-0.2, 0) is 0 Å². The van der Waals surface area contributed by atoms with Gasteiger partial charge in [-0.05, 0) is 87.6 Å². The summed E-state index contributed by atoms with van der Waals surface area (Å²) in [5.41, 5.74) is 7.48. The second kappa shape index (κ2) is 9.29. The Balaban J connectivity index is 1.01. The molecule has 218 valence electrons. The lowest BCUT2D eigenvalue weighted by atomic mass is 9.91. The molecule has 4 heteroatoms. The Kier molecular flexibility index (Phi) is 4.99. The van der Waals surface area contributed by atoms with E-state index in [4.69, 9.17) is 9.40 Å². The van der Waals surface area contributed by atoms with E-state index in [-0.39, 0.29) is 0 Å². The third-order valence-corrected chi connectivity index (χ3v) is 10.9. The summed E-state index contributed by atoms with van der Waals surface area (Å²) < 4.78 is 9.22. The summed E-state index contributed by atoms with van der Waals surface area (Å²) in [4.78, 5) is 7.43. The lowest BCUT2D eigenvalue weighted by Crippen LogP contribution is -2.09. The van der Waals surface area contributed by atoms with E-state index in [0.717, 1.165) is 45.2 Å². The summed E-state index contributed by atoms with van der Waals surface area (Å²) >= 11 is 1.84. The molecule has 1 aliphatic rings. The molecule has 47 heavy (non-hydrogen) atoms. The molecule has 0 spiro atoms. The van der Waals surface area contributed by atoms with Crippen LogP contribution in [-0.4, -0.2) is 4.98 Å². The van der Waals surface area contributed by atoms with Crippen molar-refractivity contribution in [1.82, 2.24) is 4.98 Å². The predicted molar refractivity (Wildman–Crippen MR) is 198 cm³/mol. The topological polar surface area (TPSA) is 29.3 Å². The third kappa shape index (κ3) is 3.53. The smallest absolute Gasteiger partial charge is 0.227 e. The molecule has 0 aliphatic heterocycles. The summed E-state index contributed by atoms with van der Waals surface area (Å²) in [6.45, 7) is 0. The fourth-order valence-corrected chi connectivity index (χ4v) is 8.81. The number of fused-ring (bicyclic) bond motifs is 6. The molecule has 0 amide bonds. The van der Waals surface area contributed by atoms with E-state index in [1.54, 1.807) is 0 Å². The normalized spacial score (nSPS) is 12.3. The van der Waals surface area contributed by atoms with E-state index in [9.17, 15) is 0 Å². The van der Waals surface area contributed by atoms with Crippen molar-refractivity contribution in [1.29, 1.82) is 0 Å². The van der Waals surface area contributed by atoms with E-state index in [1.165, 1.54) is 52.5 Å². The van der Waals surface area contributed by atoms with Gasteiger partial charge >= 0.3 is 0 Å². The van der Waals surface area contributed by atoms with E-state index in [0.29, 0.717) is 5.89 Å². The molecule has 0 saturated carbocycles. The zero-order valence-electron chi connectivity index (χ0n) is 25.1. The van der Waals surface area contributed by atoms with Crippen molar-refractivity contribution < 1.29 is 4.42 Å². The Bertz CT molecular complexity index is 2850. The first-order valence-electron chi connectivity index (χ1n) is 15.9. The lowest BCUT2D eigenvalue weighted by molar-refractivity contribution is 0.590. The first-order valence-corrected chi connectivity index (χ1v) is 16.7. The number of oxazole rings is 1. The molecule has 10 aromatic rings. The van der Waals surface area contributed by atoms with Crippen LogP contribution in [0.15, 0.2) is 150 Å². The number of aromatic nitrogens is 1. The molecular formula is C43H24N2OS. The summed E-state index contributed by atoms with van der Waals surface area (Å²) in [5.74, 6) is 1.50. The van der Waals surface area contributed by atoms with Crippen molar-refractivity contribution in [3.63, 3.8) is 0 Å². The van der Waals surface area contributed by atoms with E-state index in [2.05, 4.69) is 150 Å². The Morgan fingerprint density at radius 2 is 1.21 bits per heavy atom. The van der Waals surface area contributed by atoms with Crippen LogP contribution in [0.25, 0.3) is 86.5 Å². The van der Waals surface area contributed by atoms with E-state index < -0.39 is 0 Å². The molecule has 0 N–H and O–H groups in total. The first kappa shape index (κ1) is 25.2. The van der Waals surface area contributed by atoms with Crippen molar-refractivity contribution in [2.45, 2.75) is 0 Å². The lowest BCUT2D eigenvalue weighted by Gasteiger charge is -2.25. The average molecular weight is 617 g/mol. The highest BCUT2D eigenvalue weighted by molar-refractivity contribution is 7.25. The van der Waals surface area contributed by atoms with Crippen molar-refractivity contribution in [3.05, 3.63) is 146 Å². The van der Waals surface area contributed by atoms with Gasteiger partial charge in [0.1, 0.15) is 5.69 Å². The van der Waals surface area contributed by atoms with E-state index in [1.807, 2.05) is 11.3 Å². The van der Waals surface area contributed by atoms with Crippen LogP contribution in [0.4, 0.5) is 17.1 Å². The van der Waals surface area contributed by atoms with E-state index >= 15 is 0 Å². The van der Waals surface area contributed by atoms with Gasteiger partial charge in [0.2, 0.25) is 5.89 Å². The maximum Gasteiger partial charge on any atom is 0.227 e. The van der Waals surface area contributed by atoms with Gasteiger partial charge in [-0.1, -0.05) is 84.9 Å². The second-order valence-corrected chi connectivity index (χ2v) is 13.4. The summed E-state index contributed by atoms with van der Waals surface area (Å²) in [6.07, 6.45) is 0. The Hall–Kier alpha value is -5.97. The average Bonchev–Trinajstić information content (AvgIpc) is 3.81. The third-order valence-electron chi connectivity index (χ3n) is 9.76. The van der Waals surface area contributed by atoms with Crippen molar-refractivity contribution in [2.75, 3.05) is 4.90 Å². The van der Waals surface area contributed by atoms with Crippen LogP contribution in [0.5, 0.6) is 0 Å². The number of thiophene rings is 1. The van der Waals surface area contributed by atoms with Gasteiger partial charge in [0.15, 0.2) is 5.76 Å². The molecule has 8 aromatic carbocycles. The molecule has 1 aliphatic carbocycles. The predicted octanol–water partition coefficient (Wildman–Crippen LogP) is 12.7. The van der Waals surface area contributed by atoms with Gasteiger partial charge in [-0.3, -0.25) is 0 Å². The van der Waals surface area contributed by atoms with Crippen molar-refractivity contribution in [3.8, 4) is 34.0 Å². The number of rotatable bonds is 4. The molecule has 0 bridgehead atoms. The van der Waals surface area contributed by atoms with Gasteiger partial charge in [-0.15, -0.1) is 11.3 Å². The molecule has 0 fully saturated rings. The van der Waals surface area contributed by atoms with Crippen molar-refractivity contribution in [2.24, 2.45) is 0 Å². The van der Waals surface area contributed by atoms with Gasteiger partial charge in [-0.25, -0.2) is 4.98 Å². The van der Waals surface area contributed by atoms with Crippen LogP contribution in [0.1, 0.15) is 0 Å². The summed E-state index contributed by atoms with van der Waals surface area (Å²) in [6, 6.07) is 52.3. The quantitative estimate of drug-likeness (QED) is 0.184. The van der Waals surface area contributed by atoms with Crippen LogP contribution < -0.4 is 4.90 Å². The zero-order chi connectivity index (χ0) is 30.6. The SMILES string of the molecule is c1ccc(N(c2ccc(-c3nc4c(o3)-c3cc5cccc6ccc7ccc-4c3c7c65)cc2)c2ccc3c(c2)sc2ccccc23)cc1. The van der Waals surface area contributed by atoms with Gasteiger partial charge in [0, 0.05) is 59.3 Å². The minimum absolute atomic E-state index is 0.642. The maximum absolute atomic E-state index is 6.63. The highest BCUT2D eigenvalue weighted by Crippen LogP contribution is 2.52. The monoisotopic (exact) mass is 616 g/mol. The Morgan fingerprint density at radius 3 is 2.11 bits per heavy atom. The van der Waals surface area contributed by atoms with Gasteiger partial charge in [0.25, 0.3) is 0 Å². The zero-order valence-corrected chi connectivity index (χ0v) is 25.9. The molecule has 0 unspecified atom stereocenters. The minimum atomic E-state index is 0.642. The van der Waals surface area contributed by atoms with Crippen LogP contribution in [0.3, 0.4) is 0 Å². The first-order chi connectivity index (χ1) is 23.3.